The molecule has 0 bridgehead atoms. The zero-order valence-electron chi connectivity index (χ0n) is 25.2. The second-order valence-corrected chi connectivity index (χ2v) is 12.7. The second-order valence-electron chi connectivity index (χ2n) is 12.7. The van der Waals surface area contributed by atoms with Crippen LogP contribution in [0.3, 0.4) is 0 Å². The molecule has 0 spiro atoms. The summed E-state index contributed by atoms with van der Waals surface area (Å²) in [4.78, 5) is 0. The molecule has 1 aliphatic carbocycles. The molecule has 7 aromatic carbocycles. The Morgan fingerprint density at radius 2 is 0.930 bits per heavy atom. The lowest BCUT2D eigenvalue weighted by Gasteiger charge is -2.22. The zero-order valence-corrected chi connectivity index (χ0v) is 25.2. The zero-order chi connectivity index (χ0) is 29.3. The lowest BCUT2D eigenvalue weighted by atomic mass is 9.81. The molecule has 0 saturated carbocycles. The average Bonchev–Trinajstić information content (AvgIpc) is 3.26. The van der Waals surface area contributed by atoms with Gasteiger partial charge in [-0.15, -0.1) is 0 Å². The third-order valence-corrected chi connectivity index (χ3v) is 9.63. The van der Waals surface area contributed by atoms with E-state index in [0.29, 0.717) is 0 Å². The van der Waals surface area contributed by atoms with Crippen LogP contribution in [0.1, 0.15) is 36.1 Å². The van der Waals surface area contributed by atoms with Gasteiger partial charge in [0.05, 0.1) is 0 Å². The SMILES string of the molecule is Cc1cc(-c2ccc3c(c2)C(C)(C)c2ccccc2-3)cc(-c2c3ccccc3c(-c3ccccc3C)c3ccccc23)c1. The van der Waals surface area contributed by atoms with Crippen molar-refractivity contribution in [2.75, 3.05) is 0 Å². The van der Waals surface area contributed by atoms with Crippen LogP contribution in [0, 0.1) is 13.8 Å². The molecule has 0 unspecified atom stereocenters. The van der Waals surface area contributed by atoms with Crippen molar-refractivity contribution in [1.29, 1.82) is 0 Å². The molecule has 0 aromatic heterocycles. The number of hydrogen-bond donors (Lipinski definition) is 0. The summed E-state index contributed by atoms with van der Waals surface area (Å²) in [6, 6.07) is 49.7. The first-order chi connectivity index (χ1) is 20.9. The van der Waals surface area contributed by atoms with Gasteiger partial charge < -0.3 is 0 Å². The first-order valence-electron chi connectivity index (χ1n) is 15.3. The van der Waals surface area contributed by atoms with Crippen LogP contribution in [0.4, 0.5) is 0 Å². The van der Waals surface area contributed by atoms with E-state index in [1.165, 1.54) is 88.3 Å². The van der Waals surface area contributed by atoms with Gasteiger partial charge >= 0.3 is 0 Å². The number of hydrogen-bond acceptors (Lipinski definition) is 0. The summed E-state index contributed by atoms with van der Waals surface area (Å²) in [7, 11) is 0. The van der Waals surface area contributed by atoms with E-state index in [9.17, 15) is 0 Å². The topological polar surface area (TPSA) is 0 Å². The van der Waals surface area contributed by atoms with Crippen LogP contribution in [0.5, 0.6) is 0 Å². The van der Waals surface area contributed by atoms with Crippen molar-refractivity contribution in [2.24, 2.45) is 0 Å². The first-order valence-corrected chi connectivity index (χ1v) is 15.3. The van der Waals surface area contributed by atoms with Crippen LogP contribution >= 0.6 is 0 Å². The number of fused-ring (bicyclic) bond motifs is 5. The lowest BCUT2D eigenvalue weighted by Crippen LogP contribution is -2.14. The fourth-order valence-corrected chi connectivity index (χ4v) is 7.56. The molecule has 0 N–H and O–H groups in total. The summed E-state index contributed by atoms with van der Waals surface area (Å²) in [6.07, 6.45) is 0. The van der Waals surface area contributed by atoms with E-state index in [1.807, 2.05) is 0 Å². The van der Waals surface area contributed by atoms with Gasteiger partial charge in [0.2, 0.25) is 0 Å². The smallest absolute Gasteiger partial charge is 0.0159 e. The Kier molecular flexibility index (Phi) is 5.71. The quantitative estimate of drug-likeness (QED) is 0.192. The molecule has 43 heavy (non-hydrogen) atoms. The minimum atomic E-state index is -0.0214. The Hall–Kier alpha value is -4.94. The molecule has 1 aliphatic rings. The molecule has 0 radical (unpaired) electrons. The van der Waals surface area contributed by atoms with Gasteiger partial charge in [-0.3, -0.25) is 0 Å². The highest BCUT2D eigenvalue weighted by molar-refractivity contribution is 6.21. The van der Waals surface area contributed by atoms with Gasteiger partial charge in [0, 0.05) is 5.41 Å². The Balaban J connectivity index is 1.37. The van der Waals surface area contributed by atoms with Crippen LogP contribution in [0.25, 0.3) is 66.1 Å². The normalized spacial score (nSPS) is 13.3. The number of rotatable bonds is 3. The van der Waals surface area contributed by atoms with Crippen molar-refractivity contribution in [3.63, 3.8) is 0 Å². The Bertz CT molecular complexity index is 2170. The monoisotopic (exact) mass is 550 g/mol. The van der Waals surface area contributed by atoms with Crippen LogP contribution in [0.15, 0.2) is 133 Å². The molecule has 7 aromatic rings. The molecule has 0 heterocycles. The maximum atomic E-state index is 2.44. The van der Waals surface area contributed by atoms with E-state index >= 15 is 0 Å². The summed E-state index contributed by atoms with van der Waals surface area (Å²) in [5, 5.41) is 5.18. The summed E-state index contributed by atoms with van der Waals surface area (Å²) >= 11 is 0. The van der Waals surface area contributed by atoms with Gasteiger partial charge in [-0.05, 0) is 114 Å². The number of benzene rings is 7. The second kappa shape index (κ2) is 9.54. The van der Waals surface area contributed by atoms with E-state index in [2.05, 4.69) is 161 Å². The van der Waals surface area contributed by atoms with Gasteiger partial charge in [0.25, 0.3) is 0 Å². The molecule has 0 aliphatic heterocycles. The lowest BCUT2D eigenvalue weighted by molar-refractivity contribution is 0.660. The van der Waals surface area contributed by atoms with Crippen molar-refractivity contribution in [1.82, 2.24) is 0 Å². The molecule has 0 saturated heterocycles. The van der Waals surface area contributed by atoms with Gasteiger partial charge in [-0.2, -0.15) is 0 Å². The maximum absolute atomic E-state index is 2.44. The highest BCUT2D eigenvalue weighted by Gasteiger charge is 2.35. The maximum Gasteiger partial charge on any atom is 0.0159 e. The summed E-state index contributed by atoms with van der Waals surface area (Å²) in [5.41, 5.74) is 15.8. The van der Waals surface area contributed by atoms with Gasteiger partial charge in [0.1, 0.15) is 0 Å². The fraction of sp³-hybridized carbons (Fsp3) is 0.116. The van der Waals surface area contributed by atoms with Gasteiger partial charge in [-0.1, -0.05) is 135 Å². The standard InChI is InChI=1S/C43H34/c1-27-23-30(29-21-22-34-33-15-11-12-20-39(33)43(3,4)40(34)26-29)25-31(24-27)41-35-16-7-9-18-37(35)42(32-14-6-5-13-28(32)2)38-19-10-8-17-36(38)41/h5-26H,1-4H3. The highest BCUT2D eigenvalue weighted by atomic mass is 14.4. The first kappa shape index (κ1) is 25.7. The van der Waals surface area contributed by atoms with E-state index in [-0.39, 0.29) is 5.41 Å². The molecule has 0 amide bonds. The van der Waals surface area contributed by atoms with Gasteiger partial charge in [-0.25, -0.2) is 0 Å². The third-order valence-electron chi connectivity index (χ3n) is 9.63. The van der Waals surface area contributed by atoms with E-state index in [1.54, 1.807) is 0 Å². The summed E-state index contributed by atoms with van der Waals surface area (Å²) in [5.74, 6) is 0. The molecular weight excluding hydrogens is 516 g/mol. The van der Waals surface area contributed by atoms with Gasteiger partial charge in [0.15, 0.2) is 0 Å². The van der Waals surface area contributed by atoms with Crippen LogP contribution in [0.2, 0.25) is 0 Å². The Labute approximate surface area is 254 Å². The largest absolute Gasteiger partial charge is 0.0620 e. The predicted molar refractivity (Wildman–Crippen MR) is 185 cm³/mol. The van der Waals surface area contributed by atoms with Crippen molar-refractivity contribution >= 4 is 21.5 Å². The summed E-state index contributed by atoms with van der Waals surface area (Å²) < 4.78 is 0. The summed E-state index contributed by atoms with van der Waals surface area (Å²) in [6.45, 7) is 9.16. The molecule has 0 heteroatoms. The number of aryl methyl sites for hydroxylation is 2. The molecule has 0 nitrogen and oxygen atoms in total. The fourth-order valence-electron chi connectivity index (χ4n) is 7.56. The predicted octanol–water partition coefficient (Wildman–Crippen LogP) is 11.9. The van der Waals surface area contributed by atoms with E-state index < -0.39 is 0 Å². The Morgan fingerprint density at radius 1 is 0.395 bits per heavy atom. The average molecular weight is 551 g/mol. The molecule has 8 rings (SSSR count). The highest BCUT2D eigenvalue weighted by Crippen LogP contribution is 2.50. The van der Waals surface area contributed by atoms with E-state index in [4.69, 9.17) is 0 Å². The molecule has 206 valence electrons. The van der Waals surface area contributed by atoms with Crippen molar-refractivity contribution in [2.45, 2.75) is 33.1 Å². The van der Waals surface area contributed by atoms with Crippen LogP contribution in [-0.2, 0) is 5.41 Å². The third kappa shape index (κ3) is 3.90. The van der Waals surface area contributed by atoms with Crippen molar-refractivity contribution < 1.29 is 0 Å². The van der Waals surface area contributed by atoms with Crippen molar-refractivity contribution in [3.8, 4) is 44.5 Å². The minimum Gasteiger partial charge on any atom is -0.0620 e. The molecule has 0 fully saturated rings. The Morgan fingerprint density at radius 3 is 1.60 bits per heavy atom. The molecular formula is C43H34. The van der Waals surface area contributed by atoms with Crippen LogP contribution in [-0.4, -0.2) is 0 Å². The molecule has 0 atom stereocenters. The van der Waals surface area contributed by atoms with Crippen LogP contribution < -0.4 is 0 Å². The minimum absolute atomic E-state index is 0.0214. The van der Waals surface area contributed by atoms with Crippen molar-refractivity contribution in [3.05, 3.63) is 156 Å². The van der Waals surface area contributed by atoms with E-state index in [0.717, 1.165) is 0 Å².